The molecule has 0 saturated heterocycles. The van der Waals surface area contributed by atoms with E-state index in [4.69, 9.17) is 9.47 Å². The molecule has 3 unspecified atom stereocenters. The maximum Gasteiger partial charge on any atom is 0.309 e. The standard InChI is InChI=1S/C19H27IO3/c1-22-18-11-10-17(9-5-8-16(18)12-13-20)19(21)23-14-15-6-3-2-4-7-15/h2-4,6-7,16-18H,5,8-14H2,1H3. The molecule has 0 radical (unpaired) electrons. The molecular formula is C19H27IO3. The molecule has 0 heterocycles. The number of methoxy groups -OCH3 is 1. The van der Waals surface area contributed by atoms with Crippen molar-refractivity contribution in [1.29, 1.82) is 0 Å². The lowest BCUT2D eigenvalue weighted by atomic mass is 9.83. The van der Waals surface area contributed by atoms with Gasteiger partial charge in [0.1, 0.15) is 6.61 Å². The molecule has 3 nitrogen and oxygen atoms in total. The van der Waals surface area contributed by atoms with Gasteiger partial charge in [0, 0.05) is 7.11 Å². The first-order valence-electron chi connectivity index (χ1n) is 8.54. The molecule has 3 atom stereocenters. The number of benzene rings is 1. The topological polar surface area (TPSA) is 35.5 Å². The largest absolute Gasteiger partial charge is 0.461 e. The molecule has 1 aromatic carbocycles. The predicted molar refractivity (Wildman–Crippen MR) is 101 cm³/mol. The minimum Gasteiger partial charge on any atom is -0.461 e. The van der Waals surface area contributed by atoms with Crippen LogP contribution < -0.4 is 0 Å². The van der Waals surface area contributed by atoms with E-state index in [2.05, 4.69) is 22.6 Å². The Kier molecular flexibility index (Phi) is 8.37. The number of rotatable bonds is 6. The monoisotopic (exact) mass is 430 g/mol. The molecule has 1 aromatic rings. The van der Waals surface area contributed by atoms with Crippen molar-refractivity contribution in [2.24, 2.45) is 11.8 Å². The van der Waals surface area contributed by atoms with E-state index in [1.165, 1.54) is 10.8 Å². The molecule has 0 aromatic heterocycles. The molecule has 0 N–H and O–H groups in total. The minimum atomic E-state index is -0.0453. The van der Waals surface area contributed by atoms with E-state index in [-0.39, 0.29) is 18.0 Å². The fourth-order valence-electron chi connectivity index (χ4n) is 3.42. The van der Waals surface area contributed by atoms with E-state index in [0.717, 1.165) is 37.7 Å². The van der Waals surface area contributed by atoms with Gasteiger partial charge in [-0.2, -0.15) is 0 Å². The van der Waals surface area contributed by atoms with E-state index >= 15 is 0 Å². The van der Waals surface area contributed by atoms with E-state index in [1.54, 1.807) is 7.11 Å². The van der Waals surface area contributed by atoms with Gasteiger partial charge >= 0.3 is 5.97 Å². The summed E-state index contributed by atoms with van der Waals surface area (Å²) in [5.74, 6) is 0.617. The Labute approximate surface area is 153 Å². The summed E-state index contributed by atoms with van der Waals surface area (Å²) < 4.78 is 12.4. The normalized spacial score (nSPS) is 25.4. The fourth-order valence-corrected chi connectivity index (χ4v) is 4.22. The quantitative estimate of drug-likeness (QED) is 0.371. The molecule has 1 aliphatic carbocycles. The Bertz CT molecular complexity index is 463. The maximum atomic E-state index is 12.4. The third-order valence-electron chi connectivity index (χ3n) is 4.79. The van der Waals surface area contributed by atoms with E-state index in [1.807, 2.05) is 30.3 Å². The number of hydrogen-bond donors (Lipinski definition) is 0. The summed E-state index contributed by atoms with van der Waals surface area (Å²) in [7, 11) is 1.80. The molecular weight excluding hydrogens is 403 g/mol. The number of esters is 1. The lowest BCUT2D eigenvalue weighted by molar-refractivity contribution is -0.151. The zero-order valence-corrected chi connectivity index (χ0v) is 16.0. The fraction of sp³-hybridized carbons (Fsp3) is 0.632. The average Bonchev–Trinajstić information content (AvgIpc) is 2.56. The number of alkyl halides is 1. The van der Waals surface area contributed by atoms with Crippen LogP contribution in [0.2, 0.25) is 0 Å². The Morgan fingerprint density at radius 3 is 2.65 bits per heavy atom. The van der Waals surface area contributed by atoms with Gasteiger partial charge in [-0.15, -0.1) is 0 Å². The molecule has 1 fully saturated rings. The second kappa shape index (κ2) is 10.3. The van der Waals surface area contributed by atoms with Crippen molar-refractivity contribution in [1.82, 2.24) is 0 Å². The summed E-state index contributed by atoms with van der Waals surface area (Å²) >= 11 is 2.44. The molecule has 4 heteroatoms. The second-order valence-corrected chi connectivity index (χ2v) is 7.39. The van der Waals surface area contributed by atoms with Gasteiger partial charge in [0.2, 0.25) is 0 Å². The lowest BCUT2D eigenvalue weighted by Crippen LogP contribution is -2.29. The molecule has 0 amide bonds. The second-order valence-electron chi connectivity index (χ2n) is 6.31. The van der Waals surface area contributed by atoms with Gasteiger partial charge in [-0.1, -0.05) is 59.3 Å². The van der Waals surface area contributed by atoms with Gasteiger partial charge in [-0.3, -0.25) is 4.79 Å². The van der Waals surface area contributed by atoms with E-state index < -0.39 is 0 Å². The van der Waals surface area contributed by atoms with Crippen molar-refractivity contribution in [3.8, 4) is 0 Å². The van der Waals surface area contributed by atoms with Crippen LogP contribution in [0.4, 0.5) is 0 Å². The van der Waals surface area contributed by atoms with E-state index in [0.29, 0.717) is 12.5 Å². The van der Waals surface area contributed by atoms with E-state index in [9.17, 15) is 4.79 Å². The molecule has 1 aliphatic rings. The zero-order chi connectivity index (χ0) is 16.5. The van der Waals surface area contributed by atoms with Crippen LogP contribution in [0.5, 0.6) is 0 Å². The average molecular weight is 430 g/mol. The highest BCUT2D eigenvalue weighted by Crippen LogP contribution is 2.31. The number of carbonyl (C=O) groups excluding carboxylic acids is 1. The van der Waals surface area contributed by atoms with Crippen molar-refractivity contribution in [3.05, 3.63) is 35.9 Å². The van der Waals surface area contributed by atoms with Crippen LogP contribution in [0.3, 0.4) is 0 Å². The van der Waals surface area contributed by atoms with Crippen LogP contribution in [0.15, 0.2) is 30.3 Å². The van der Waals surface area contributed by atoms with Crippen LogP contribution in [0, 0.1) is 11.8 Å². The summed E-state index contributed by atoms with van der Waals surface area (Å²) in [6, 6.07) is 9.88. The number of carbonyl (C=O) groups is 1. The number of hydrogen-bond acceptors (Lipinski definition) is 3. The molecule has 0 aliphatic heterocycles. The minimum absolute atomic E-state index is 0.0249. The highest BCUT2D eigenvalue weighted by atomic mass is 127. The van der Waals surface area contributed by atoms with Crippen LogP contribution in [0.1, 0.15) is 44.1 Å². The first-order chi connectivity index (χ1) is 11.2. The maximum absolute atomic E-state index is 12.4. The first kappa shape index (κ1) is 18.7. The van der Waals surface area contributed by atoms with Gasteiger partial charge in [0.05, 0.1) is 12.0 Å². The highest BCUT2D eigenvalue weighted by Gasteiger charge is 2.28. The third kappa shape index (κ3) is 6.07. The van der Waals surface area contributed by atoms with Crippen molar-refractivity contribution in [3.63, 3.8) is 0 Å². The van der Waals surface area contributed by atoms with Crippen LogP contribution in [-0.2, 0) is 20.9 Å². The first-order valence-corrected chi connectivity index (χ1v) is 10.1. The zero-order valence-electron chi connectivity index (χ0n) is 13.9. The Balaban J connectivity index is 1.84. The summed E-state index contributed by atoms with van der Waals surface area (Å²) in [4.78, 5) is 12.4. The Hall–Kier alpha value is -0.620. The molecule has 1 saturated carbocycles. The summed E-state index contributed by atoms with van der Waals surface area (Å²) in [5, 5.41) is 0. The van der Waals surface area contributed by atoms with Gasteiger partial charge in [0.15, 0.2) is 0 Å². The summed E-state index contributed by atoms with van der Waals surface area (Å²) in [6.07, 6.45) is 6.53. The lowest BCUT2D eigenvalue weighted by Gasteiger charge is -2.30. The van der Waals surface area contributed by atoms with Crippen molar-refractivity contribution in [2.45, 2.75) is 51.2 Å². The molecule has 128 valence electrons. The summed E-state index contributed by atoms with van der Waals surface area (Å²) in [5.41, 5.74) is 1.04. The smallest absolute Gasteiger partial charge is 0.309 e. The van der Waals surface area contributed by atoms with Gasteiger partial charge in [-0.05, 0) is 48.0 Å². The number of halogens is 1. The van der Waals surface area contributed by atoms with Crippen LogP contribution in [-0.4, -0.2) is 23.6 Å². The highest BCUT2D eigenvalue weighted by molar-refractivity contribution is 14.1. The molecule has 23 heavy (non-hydrogen) atoms. The van der Waals surface area contributed by atoms with Gasteiger partial charge in [-0.25, -0.2) is 0 Å². The predicted octanol–water partition coefficient (Wildman–Crippen LogP) is 4.77. The van der Waals surface area contributed by atoms with Crippen LogP contribution >= 0.6 is 22.6 Å². The molecule has 0 bridgehead atoms. The third-order valence-corrected chi connectivity index (χ3v) is 5.42. The Morgan fingerprint density at radius 2 is 1.96 bits per heavy atom. The van der Waals surface area contributed by atoms with Crippen molar-refractivity contribution >= 4 is 28.6 Å². The molecule has 0 spiro atoms. The number of ether oxygens (including phenoxy) is 2. The van der Waals surface area contributed by atoms with Crippen molar-refractivity contribution in [2.75, 3.05) is 11.5 Å². The van der Waals surface area contributed by atoms with Crippen LogP contribution in [0.25, 0.3) is 0 Å². The molecule has 2 rings (SSSR count). The SMILES string of the molecule is COC1CCC(C(=O)OCc2ccccc2)CCCC1CCI. The van der Waals surface area contributed by atoms with Gasteiger partial charge < -0.3 is 9.47 Å². The van der Waals surface area contributed by atoms with Gasteiger partial charge in [0.25, 0.3) is 0 Å². The summed E-state index contributed by atoms with van der Waals surface area (Å²) in [6.45, 7) is 0.376. The van der Waals surface area contributed by atoms with Crippen molar-refractivity contribution < 1.29 is 14.3 Å². The Morgan fingerprint density at radius 1 is 1.17 bits per heavy atom.